The van der Waals surface area contributed by atoms with Gasteiger partial charge in [0.15, 0.2) is 29.1 Å². The third-order valence-corrected chi connectivity index (χ3v) is 10.9. The van der Waals surface area contributed by atoms with E-state index in [0.717, 1.165) is 66.3 Å². The van der Waals surface area contributed by atoms with Crippen molar-refractivity contribution < 1.29 is 0 Å². The first-order chi connectivity index (χ1) is 30.2. The fraction of sp³-hybridized carbons (Fsp3) is 0. The number of aromatic nitrogens is 7. The van der Waals surface area contributed by atoms with E-state index in [1.54, 1.807) is 0 Å². The van der Waals surface area contributed by atoms with Crippen LogP contribution in [0.4, 0.5) is 0 Å². The highest BCUT2D eigenvalue weighted by Gasteiger charge is 2.20. The van der Waals surface area contributed by atoms with Crippen molar-refractivity contribution in [1.29, 1.82) is 0 Å². The van der Waals surface area contributed by atoms with Crippen LogP contribution in [0.5, 0.6) is 0 Å². The number of hydrogen-bond donors (Lipinski definition) is 0. The summed E-state index contributed by atoms with van der Waals surface area (Å²) in [6.45, 7) is 0. The normalized spacial score (nSPS) is 11.3. The van der Waals surface area contributed by atoms with E-state index in [1.165, 1.54) is 5.56 Å². The van der Waals surface area contributed by atoms with Crippen molar-refractivity contribution in [1.82, 2.24) is 34.5 Å². The zero-order valence-electron chi connectivity index (χ0n) is 32.8. The third kappa shape index (κ3) is 6.90. The smallest absolute Gasteiger partial charge is 0.238 e. The molecule has 0 atom stereocenters. The Hall–Kier alpha value is -8.42. The molecule has 0 N–H and O–H groups in total. The Morgan fingerprint density at radius 2 is 0.541 bits per heavy atom. The molecule has 286 valence electrons. The Morgan fingerprint density at radius 1 is 0.230 bits per heavy atom. The molecule has 0 fully saturated rings. The zero-order valence-corrected chi connectivity index (χ0v) is 32.8. The first-order valence-corrected chi connectivity index (χ1v) is 20.2. The highest BCUT2D eigenvalue weighted by molar-refractivity contribution is 6.11. The summed E-state index contributed by atoms with van der Waals surface area (Å²) in [6, 6.07) is 72.5. The molecule has 11 aromatic rings. The molecule has 61 heavy (non-hydrogen) atoms. The SMILES string of the molecule is c1ccc(-c2cccc(-c3ccc4c(c3)c3cc(-c5nc(-c6ccccc6)nc(-c6ccccc6)n5)ccc3n4-c3nc(-c4ccccc4)nc(-c4ccccc4)n3)c2)cc1. The van der Waals surface area contributed by atoms with Crippen molar-refractivity contribution in [2.24, 2.45) is 0 Å². The standard InChI is InChI=1S/C54H35N7/c1-6-17-36(18-7-1)41-27-16-28-42(33-41)43-29-31-47-45(34-43)46-35-44(53-56-49(37-19-8-2-9-20-37)55-50(57-53)38-21-10-3-11-22-38)30-32-48(46)61(47)54-59-51(39-23-12-4-13-24-39)58-52(60-54)40-25-14-5-15-26-40/h1-35H. The maximum absolute atomic E-state index is 5.18. The van der Waals surface area contributed by atoms with Gasteiger partial charge in [-0.1, -0.05) is 176 Å². The molecular weight excluding hydrogens is 747 g/mol. The van der Waals surface area contributed by atoms with Gasteiger partial charge in [-0.2, -0.15) is 9.97 Å². The lowest BCUT2D eigenvalue weighted by Gasteiger charge is -2.11. The summed E-state index contributed by atoms with van der Waals surface area (Å²) in [7, 11) is 0. The lowest BCUT2D eigenvalue weighted by atomic mass is 9.98. The second kappa shape index (κ2) is 15.4. The Morgan fingerprint density at radius 3 is 0.984 bits per heavy atom. The van der Waals surface area contributed by atoms with Crippen LogP contribution in [0.15, 0.2) is 212 Å². The summed E-state index contributed by atoms with van der Waals surface area (Å²) in [5.74, 6) is 3.52. The fourth-order valence-corrected chi connectivity index (χ4v) is 7.90. The zero-order chi connectivity index (χ0) is 40.5. The van der Waals surface area contributed by atoms with Crippen molar-refractivity contribution in [2.45, 2.75) is 0 Å². The Bertz CT molecular complexity index is 3220. The van der Waals surface area contributed by atoms with Gasteiger partial charge < -0.3 is 0 Å². The van der Waals surface area contributed by atoms with E-state index in [0.29, 0.717) is 35.1 Å². The van der Waals surface area contributed by atoms with Gasteiger partial charge in [0.05, 0.1) is 11.0 Å². The molecule has 0 aliphatic rings. The highest BCUT2D eigenvalue weighted by Crippen LogP contribution is 2.38. The molecule has 0 radical (unpaired) electrons. The van der Waals surface area contributed by atoms with Crippen molar-refractivity contribution in [3.63, 3.8) is 0 Å². The average molecular weight is 782 g/mol. The third-order valence-electron chi connectivity index (χ3n) is 10.9. The van der Waals surface area contributed by atoms with Gasteiger partial charge in [0, 0.05) is 38.6 Å². The molecule has 7 nitrogen and oxygen atoms in total. The molecular formula is C54H35N7. The molecule has 0 aliphatic carbocycles. The van der Waals surface area contributed by atoms with Crippen molar-refractivity contribution >= 4 is 21.8 Å². The number of benzene rings is 8. The van der Waals surface area contributed by atoms with Crippen LogP contribution in [0.3, 0.4) is 0 Å². The van der Waals surface area contributed by atoms with Gasteiger partial charge in [0.1, 0.15) is 0 Å². The highest BCUT2D eigenvalue weighted by atomic mass is 15.2. The summed E-state index contributed by atoms with van der Waals surface area (Å²) in [6.07, 6.45) is 0. The second-order valence-corrected chi connectivity index (χ2v) is 14.8. The number of nitrogens with zero attached hydrogens (tertiary/aromatic N) is 7. The molecule has 0 unspecified atom stereocenters. The number of fused-ring (bicyclic) bond motifs is 3. The molecule has 3 aromatic heterocycles. The predicted molar refractivity (Wildman–Crippen MR) is 246 cm³/mol. The van der Waals surface area contributed by atoms with E-state index in [9.17, 15) is 0 Å². The second-order valence-electron chi connectivity index (χ2n) is 14.8. The van der Waals surface area contributed by atoms with Crippen LogP contribution in [0.25, 0.3) is 107 Å². The average Bonchev–Trinajstić information content (AvgIpc) is 3.68. The molecule has 0 spiro atoms. The van der Waals surface area contributed by atoms with Crippen LogP contribution in [-0.2, 0) is 0 Å². The monoisotopic (exact) mass is 781 g/mol. The quantitative estimate of drug-likeness (QED) is 0.153. The van der Waals surface area contributed by atoms with Crippen LogP contribution in [0, 0.1) is 0 Å². The Balaban J connectivity index is 1.15. The van der Waals surface area contributed by atoms with Gasteiger partial charge in [0.2, 0.25) is 5.95 Å². The molecule has 0 saturated carbocycles. The van der Waals surface area contributed by atoms with Gasteiger partial charge in [-0.15, -0.1) is 0 Å². The predicted octanol–water partition coefficient (Wildman–Crippen LogP) is 12.8. The molecule has 3 heterocycles. The molecule has 0 aliphatic heterocycles. The maximum atomic E-state index is 5.18. The fourth-order valence-electron chi connectivity index (χ4n) is 7.90. The van der Waals surface area contributed by atoms with Crippen LogP contribution in [0.2, 0.25) is 0 Å². The van der Waals surface area contributed by atoms with E-state index < -0.39 is 0 Å². The van der Waals surface area contributed by atoms with Gasteiger partial charge in [-0.3, -0.25) is 4.57 Å². The number of hydrogen-bond acceptors (Lipinski definition) is 6. The molecule has 0 saturated heterocycles. The maximum Gasteiger partial charge on any atom is 0.238 e. The van der Waals surface area contributed by atoms with E-state index >= 15 is 0 Å². The molecule has 0 amide bonds. The minimum absolute atomic E-state index is 0.525. The van der Waals surface area contributed by atoms with Crippen molar-refractivity contribution in [3.8, 4) is 85.1 Å². The van der Waals surface area contributed by atoms with Gasteiger partial charge >= 0.3 is 0 Å². The Kier molecular flexibility index (Phi) is 9.02. The minimum Gasteiger partial charge on any atom is -0.278 e. The van der Waals surface area contributed by atoms with E-state index in [2.05, 4.69) is 89.5 Å². The lowest BCUT2D eigenvalue weighted by Crippen LogP contribution is -2.06. The van der Waals surface area contributed by atoms with Gasteiger partial charge in [-0.05, 0) is 58.7 Å². The topological polar surface area (TPSA) is 82.3 Å². The number of rotatable bonds is 8. The minimum atomic E-state index is 0.525. The van der Waals surface area contributed by atoms with E-state index in [-0.39, 0.29) is 0 Å². The largest absolute Gasteiger partial charge is 0.278 e. The van der Waals surface area contributed by atoms with E-state index in [4.69, 9.17) is 29.9 Å². The lowest BCUT2D eigenvalue weighted by molar-refractivity contribution is 0.953. The first kappa shape index (κ1) is 35.7. The summed E-state index contributed by atoms with van der Waals surface area (Å²) >= 11 is 0. The summed E-state index contributed by atoms with van der Waals surface area (Å²) in [5.41, 5.74) is 11.0. The molecule has 8 aromatic carbocycles. The summed E-state index contributed by atoms with van der Waals surface area (Å²) < 4.78 is 2.15. The summed E-state index contributed by atoms with van der Waals surface area (Å²) in [5, 5.41) is 2.06. The molecule has 0 bridgehead atoms. The van der Waals surface area contributed by atoms with Crippen LogP contribution >= 0.6 is 0 Å². The van der Waals surface area contributed by atoms with Crippen LogP contribution in [0.1, 0.15) is 0 Å². The Labute approximate surface area is 352 Å². The van der Waals surface area contributed by atoms with E-state index in [1.807, 2.05) is 127 Å². The van der Waals surface area contributed by atoms with Crippen molar-refractivity contribution in [3.05, 3.63) is 212 Å². The summed E-state index contributed by atoms with van der Waals surface area (Å²) in [4.78, 5) is 30.5. The molecule has 11 rings (SSSR count). The van der Waals surface area contributed by atoms with Crippen LogP contribution < -0.4 is 0 Å². The molecule has 7 heteroatoms. The van der Waals surface area contributed by atoms with Crippen molar-refractivity contribution in [2.75, 3.05) is 0 Å². The van der Waals surface area contributed by atoms with Gasteiger partial charge in [-0.25, -0.2) is 19.9 Å². The van der Waals surface area contributed by atoms with Gasteiger partial charge in [0.25, 0.3) is 0 Å². The van der Waals surface area contributed by atoms with Crippen LogP contribution in [-0.4, -0.2) is 34.5 Å². The first-order valence-electron chi connectivity index (χ1n) is 20.2.